The van der Waals surface area contributed by atoms with Gasteiger partial charge in [0.15, 0.2) is 17.4 Å². The predicted molar refractivity (Wildman–Crippen MR) is 164 cm³/mol. The molecule has 15 heteroatoms. The molecule has 5 N–H and O–H groups in total. The number of carbonyl (C=O) groups excluding carboxylic acids is 1. The summed E-state index contributed by atoms with van der Waals surface area (Å²) in [6.07, 6.45) is 4.19. The van der Waals surface area contributed by atoms with E-state index in [2.05, 4.69) is 20.0 Å². The first kappa shape index (κ1) is 31.2. The third-order valence-corrected chi connectivity index (χ3v) is 9.74. The van der Waals surface area contributed by atoms with Gasteiger partial charge in [-0.15, -0.1) is 0 Å². The third-order valence-electron chi connectivity index (χ3n) is 8.11. The molecule has 240 valence electrons. The van der Waals surface area contributed by atoms with Crippen molar-refractivity contribution in [2.45, 2.75) is 82.5 Å². The molecule has 14 nitrogen and oxygen atoms in total. The van der Waals surface area contributed by atoms with Gasteiger partial charge in [-0.2, -0.15) is 15.1 Å². The van der Waals surface area contributed by atoms with E-state index >= 15 is 0 Å². The van der Waals surface area contributed by atoms with Crippen LogP contribution in [0.5, 0.6) is 11.6 Å². The van der Waals surface area contributed by atoms with Crippen molar-refractivity contribution < 1.29 is 38.1 Å². The Morgan fingerprint density at radius 2 is 1.96 bits per heavy atom. The van der Waals surface area contributed by atoms with Gasteiger partial charge < -0.3 is 29.9 Å². The van der Waals surface area contributed by atoms with Crippen molar-refractivity contribution >= 4 is 41.6 Å². The Kier molecular flexibility index (Phi) is 8.68. The number of aromatic hydroxyl groups is 1. The topological polar surface area (TPSA) is 193 Å². The second-order valence-corrected chi connectivity index (χ2v) is 13.5. The summed E-state index contributed by atoms with van der Waals surface area (Å²) >= 11 is 0. The summed E-state index contributed by atoms with van der Waals surface area (Å²) < 4.78 is 39.6. The number of rotatable bonds is 10. The van der Waals surface area contributed by atoms with Crippen molar-refractivity contribution in [3.05, 3.63) is 48.8 Å². The quantitative estimate of drug-likeness (QED) is 0.141. The van der Waals surface area contributed by atoms with E-state index in [1.807, 2.05) is 30.3 Å². The lowest BCUT2D eigenvalue weighted by atomic mass is 9.98. The highest BCUT2D eigenvalue weighted by atomic mass is 31.2. The largest absolute Gasteiger partial charge is 0.492 e. The normalized spacial score (nSPS) is 24.4. The van der Waals surface area contributed by atoms with Gasteiger partial charge >= 0.3 is 13.7 Å². The van der Waals surface area contributed by atoms with Crippen LogP contribution in [0.25, 0.3) is 21.9 Å². The van der Waals surface area contributed by atoms with E-state index in [0.717, 1.165) is 37.5 Å². The summed E-state index contributed by atoms with van der Waals surface area (Å²) in [6, 6.07) is 11.8. The van der Waals surface area contributed by atoms with E-state index in [4.69, 9.17) is 24.3 Å². The molecule has 2 aromatic heterocycles. The Morgan fingerprint density at radius 1 is 1.20 bits per heavy atom. The van der Waals surface area contributed by atoms with Crippen LogP contribution in [0.15, 0.2) is 48.8 Å². The molecule has 6 rings (SSSR count). The minimum absolute atomic E-state index is 0.0808. The maximum atomic E-state index is 14.4. The number of nitrogen functional groups attached to an aromatic ring is 1. The van der Waals surface area contributed by atoms with Crippen LogP contribution in [0, 0.1) is 0 Å². The zero-order valence-corrected chi connectivity index (χ0v) is 25.9. The molecule has 1 saturated carbocycles. The van der Waals surface area contributed by atoms with Gasteiger partial charge in [0, 0.05) is 11.8 Å². The molecule has 2 unspecified atom stereocenters. The number of ether oxygens (including phenoxy) is 2. The zero-order chi connectivity index (χ0) is 31.8. The zero-order valence-electron chi connectivity index (χ0n) is 25.0. The van der Waals surface area contributed by atoms with Crippen LogP contribution in [-0.2, 0) is 23.4 Å². The molecule has 2 aliphatic rings. The number of hydrogen-bond acceptors (Lipinski definition) is 12. The molecular weight excluding hydrogens is 603 g/mol. The molecule has 0 radical (unpaired) electrons. The average molecular weight is 641 g/mol. The number of aromatic nitrogens is 4. The van der Waals surface area contributed by atoms with E-state index in [1.165, 1.54) is 10.9 Å². The summed E-state index contributed by atoms with van der Waals surface area (Å²) in [5, 5.41) is 25.8. The van der Waals surface area contributed by atoms with Crippen LogP contribution in [0.1, 0.15) is 58.6 Å². The van der Waals surface area contributed by atoms with E-state index in [0.29, 0.717) is 11.1 Å². The number of benzene rings is 2. The van der Waals surface area contributed by atoms with Gasteiger partial charge in [0.1, 0.15) is 23.5 Å². The van der Waals surface area contributed by atoms with Crippen molar-refractivity contribution in [1.29, 1.82) is 0 Å². The SMILES string of the molecule is C[C@H](NP(=O)(OC[C@@H]1C[C@@](C)(O)C(n2cnc3c(O)nc(N)nc32)O1)Oc1cccc2ccccc12)C(=O)OC1CCCCC1. The number of nitrogens with zero attached hydrogens (tertiary/aromatic N) is 4. The second-order valence-electron chi connectivity index (χ2n) is 11.8. The first-order chi connectivity index (χ1) is 21.5. The Bertz CT molecular complexity index is 1740. The number of nitrogens with one attached hydrogen (secondary N) is 1. The third kappa shape index (κ3) is 6.75. The lowest BCUT2D eigenvalue weighted by Gasteiger charge is -2.27. The Morgan fingerprint density at radius 3 is 2.76 bits per heavy atom. The van der Waals surface area contributed by atoms with Gasteiger partial charge in [0.05, 0.1) is 19.0 Å². The fourth-order valence-corrected chi connectivity index (χ4v) is 7.45. The number of nitrogens with two attached hydrogens (primary N) is 1. The molecule has 4 aromatic rings. The number of esters is 1. The van der Waals surface area contributed by atoms with E-state index < -0.39 is 43.6 Å². The smallest absolute Gasteiger partial charge is 0.459 e. The van der Waals surface area contributed by atoms with E-state index in [9.17, 15) is 19.6 Å². The fourth-order valence-electron chi connectivity index (χ4n) is 5.91. The van der Waals surface area contributed by atoms with Crippen molar-refractivity contribution in [1.82, 2.24) is 24.6 Å². The molecule has 45 heavy (non-hydrogen) atoms. The first-order valence-corrected chi connectivity index (χ1v) is 16.5. The highest BCUT2D eigenvalue weighted by Crippen LogP contribution is 2.48. The molecule has 5 atom stereocenters. The van der Waals surface area contributed by atoms with Crippen LogP contribution >= 0.6 is 7.75 Å². The summed E-state index contributed by atoms with van der Waals surface area (Å²) in [7, 11) is -4.24. The van der Waals surface area contributed by atoms with Crippen LogP contribution in [-0.4, -0.2) is 66.2 Å². The molecule has 0 spiro atoms. The molecule has 2 fully saturated rings. The minimum Gasteiger partial charge on any atom is -0.492 e. The van der Waals surface area contributed by atoms with Crippen molar-refractivity contribution in [3.63, 3.8) is 0 Å². The van der Waals surface area contributed by atoms with Gasteiger partial charge in [0.2, 0.25) is 11.8 Å². The molecule has 2 aromatic carbocycles. The molecule has 0 bridgehead atoms. The number of aliphatic hydroxyl groups is 1. The Labute approximate surface area is 259 Å². The lowest BCUT2D eigenvalue weighted by molar-refractivity contribution is -0.152. The Balaban J connectivity index is 1.21. The standard InChI is InChI=1S/C30H37N6O8P/c1-18(27(38)42-20-11-4-3-5-12-20)35-45(40,44-23-14-8-10-19-9-6-7-13-22(19)23)41-16-21-15-30(2,39)28(43-21)36-17-32-24-25(36)33-29(31)34-26(24)37/h6-10,13-14,17-18,20-21,28,39H,3-5,11-12,15-16H2,1-2H3,(H,35,40)(H3,31,33,34,37)/t18-,21-,28?,30+,45?/m0/s1. The number of fused-ring (bicyclic) bond motifs is 2. The molecular formula is C30H37N6O8P. The van der Waals surface area contributed by atoms with E-state index in [-0.39, 0.29) is 36.2 Å². The lowest BCUT2D eigenvalue weighted by Crippen LogP contribution is -2.38. The molecule has 1 saturated heterocycles. The number of imidazole rings is 1. The van der Waals surface area contributed by atoms with Gasteiger partial charge in [-0.3, -0.25) is 13.9 Å². The highest BCUT2D eigenvalue weighted by molar-refractivity contribution is 7.52. The van der Waals surface area contributed by atoms with Crippen molar-refractivity contribution in [2.24, 2.45) is 0 Å². The predicted octanol–water partition coefficient (Wildman–Crippen LogP) is 4.36. The van der Waals surface area contributed by atoms with Crippen LogP contribution in [0.4, 0.5) is 5.95 Å². The maximum Gasteiger partial charge on any atom is 0.459 e. The molecule has 0 amide bonds. The number of hydrogen-bond donors (Lipinski definition) is 4. The maximum absolute atomic E-state index is 14.4. The van der Waals surface area contributed by atoms with E-state index in [1.54, 1.807) is 26.0 Å². The fraction of sp³-hybridized carbons (Fsp3) is 0.467. The summed E-state index contributed by atoms with van der Waals surface area (Å²) in [5.74, 6) is -0.824. The average Bonchev–Trinajstić information content (AvgIpc) is 3.56. The summed E-state index contributed by atoms with van der Waals surface area (Å²) in [4.78, 5) is 25.0. The minimum atomic E-state index is -4.24. The van der Waals surface area contributed by atoms with Crippen LogP contribution < -0.4 is 15.3 Å². The van der Waals surface area contributed by atoms with Crippen LogP contribution in [0.2, 0.25) is 0 Å². The second kappa shape index (κ2) is 12.5. The monoisotopic (exact) mass is 640 g/mol. The summed E-state index contributed by atoms with van der Waals surface area (Å²) in [6.45, 7) is 2.86. The van der Waals surface area contributed by atoms with Crippen molar-refractivity contribution in [2.75, 3.05) is 12.3 Å². The van der Waals surface area contributed by atoms with Gasteiger partial charge in [-0.05, 0) is 51.0 Å². The Hall–Kier alpha value is -3.81. The molecule has 3 heterocycles. The molecule has 1 aliphatic heterocycles. The van der Waals surface area contributed by atoms with Gasteiger partial charge in [-0.1, -0.05) is 42.8 Å². The van der Waals surface area contributed by atoms with Crippen LogP contribution in [0.3, 0.4) is 0 Å². The van der Waals surface area contributed by atoms with Crippen molar-refractivity contribution in [3.8, 4) is 11.6 Å². The number of carbonyl (C=O) groups is 1. The number of anilines is 1. The molecule has 1 aliphatic carbocycles. The first-order valence-electron chi connectivity index (χ1n) is 15.0. The van der Waals surface area contributed by atoms with Gasteiger partial charge in [-0.25, -0.2) is 9.55 Å². The summed E-state index contributed by atoms with van der Waals surface area (Å²) in [5.41, 5.74) is 4.54. The van der Waals surface area contributed by atoms with Gasteiger partial charge in [0.25, 0.3) is 0 Å². The highest BCUT2D eigenvalue weighted by Gasteiger charge is 2.47.